The Labute approximate surface area is 83.7 Å². The van der Waals surface area contributed by atoms with E-state index in [4.69, 9.17) is 0 Å². The maximum atomic E-state index is 9.51. The van der Waals surface area contributed by atoms with Crippen molar-refractivity contribution >= 4 is 15.9 Å². The zero-order valence-electron chi connectivity index (χ0n) is 8.18. The van der Waals surface area contributed by atoms with Crippen molar-refractivity contribution in [3.8, 4) is 0 Å². The van der Waals surface area contributed by atoms with Crippen molar-refractivity contribution in [2.24, 2.45) is 11.3 Å². The fourth-order valence-corrected chi connectivity index (χ4v) is 2.60. The Bertz CT molecular complexity index is 150. The molecule has 1 N–H and O–H groups in total. The van der Waals surface area contributed by atoms with E-state index >= 15 is 0 Å². The SMILES string of the molecule is CC(C)(C)[C@H]1CCC(O)[C@H](Br)C1. The Morgan fingerprint density at radius 3 is 2.25 bits per heavy atom. The van der Waals surface area contributed by atoms with Gasteiger partial charge in [-0.3, -0.25) is 0 Å². The predicted molar refractivity (Wildman–Crippen MR) is 55.5 cm³/mol. The number of alkyl halides is 1. The Kier molecular flexibility index (Phi) is 3.21. The molecule has 0 spiro atoms. The van der Waals surface area contributed by atoms with Crippen LogP contribution in [0.25, 0.3) is 0 Å². The van der Waals surface area contributed by atoms with Crippen molar-refractivity contribution in [3.63, 3.8) is 0 Å². The lowest BCUT2D eigenvalue weighted by Gasteiger charge is -2.38. The van der Waals surface area contributed by atoms with E-state index in [0.717, 1.165) is 18.8 Å². The van der Waals surface area contributed by atoms with E-state index in [0.29, 0.717) is 10.2 Å². The van der Waals surface area contributed by atoms with Crippen LogP contribution in [0.4, 0.5) is 0 Å². The molecule has 0 aromatic carbocycles. The average Bonchev–Trinajstić information content (AvgIpc) is 1.92. The highest BCUT2D eigenvalue weighted by Crippen LogP contribution is 2.39. The lowest BCUT2D eigenvalue weighted by atomic mass is 9.72. The highest BCUT2D eigenvalue weighted by Gasteiger charge is 2.33. The van der Waals surface area contributed by atoms with Crippen LogP contribution in [-0.4, -0.2) is 16.0 Å². The molecule has 1 aliphatic carbocycles. The molecule has 1 nitrogen and oxygen atoms in total. The molecule has 0 aliphatic heterocycles. The second kappa shape index (κ2) is 3.67. The first-order valence-electron chi connectivity index (χ1n) is 4.73. The van der Waals surface area contributed by atoms with Gasteiger partial charge in [0, 0.05) is 4.83 Å². The summed E-state index contributed by atoms with van der Waals surface area (Å²) in [4.78, 5) is 0.315. The molecule has 12 heavy (non-hydrogen) atoms. The van der Waals surface area contributed by atoms with Gasteiger partial charge in [0.25, 0.3) is 0 Å². The van der Waals surface area contributed by atoms with E-state index in [1.54, 1.807) is 0 Å². The van der Waals surface area contributed by atoms with Crippen LogP contribution < -0.4 is 0 Å². The third-order valence-electron chi connectivity index (χ3n) is 2.96. The van der Waals surface area contributed by atoms with Gasteiger partial charge in [-0.1, -0.05) is 36.7 Å². The maximum absolute atomic E-state index is 9.51. The molecule has 3 atom stereocenters. The molecule has 1 fully saturated rings. The number of aliphatic hydroxyl groups excluding tert-OH is 1. The van der Waals surface area contributed by atoms with Gasteiger partial charge in [0.15, 0.2) is 0 Å². The molecular weight excluding hydrogens is 216 g/mol. The van der Waals surface area contributed by atoms with Gasteiger partial charge in [-0.2, -0.15) is 0 Å². The summed E-state index contributed by atoms with van der Waals surface area (Å²) >= 11 is 3.54. The zero-order valence-corrected chi connectivity index (χ0v) is 9.76. The minimum absolute atomic E-state index is 0.122. The lowest BCUT2D eigenvalue weighted by Crippen LogP contribution is -2.34. The van der Waals surface area contributed by atoms with Crippen molar-refractivity contribution < 1.29 is 5.11 Å². The third-order valence-corrected chi connectivity index (χ3v) is 3.95. The quantitative estimate of drug-likeness (QED) is 0.640. The molecule has 0 aromatic rings. The summed E-state index contributed by atoms with van der Waals surface area (Å²) < 4.78 is 0. The van der Waals surface area contributed by atoms with E-state index in [9.17, 15) is 5.11 Å². The van der Waals surface area contributed by atoms with E-state index in [1.165, 1.54) is 6.42 Å². The van der Waals surface area contributed by atoms with Crippen LogP contribution in [0.5, 0.6) is 0 Å². The van der Waals surface area contributed by atoms with Gasteiger partial charge in [0.1, 0.15) is 0 Å². The van der Waals surface area contributed by atoms with Gasteiger partial charge < -0.3 is 5.11 Å². The topological polar surface area (TPSA) is 20.2 Å². The van der Waals surface area contributed by atoms with Gasteiger partial charge >= 0.3 is 0 Å². The molecule has 2 heteroatoms. The third kappa shape index (κ3) is 2.46. The smallest absolute Gasteiger partial charge is 0.0665 e. The van der Waals surface area contributed by atoms with Crippen LogP contribution in [0, 0.1) is 11.3 Å². The van der Waals surface area contributed by atoms with Crippen molar-refractivity contribution in [1.82, 2.24) is 0 Å². The summed E-state index contributed by atoms with van der Waals surface area (Å²) in [5, 5.41) is 9.51. The predicted octanol–water partition coefficient (Wildman–Crippen LogP) is 2.96. The van der Waals surface area contributed by atoms with Gasteiger partial charge in [0.2, 0.25) is 0 Å². The fraction of sp³-hybridized carbons (Fsp3) is 1.00. The summed E-state index contributed by atoms with van der Waals surface area (Å²) in [6.07, 6.45) is 3.12. The fourth-order valence-electron chi connectivity index (χ4n) is 1.89. The number of hydrogen-bond acceptors (Lipinski definition) is 1. The molecule has 0 amide bonds. The van der Waals surface area contributed by atoms with Crippen molar-refractivity contribution in [3.05, 3.63) is 0 Å². The van der Waals surface area contributed by atoms with Crippen LogP contribution in [-0.2, 0) is 0 Å². The van der Waals surface area contributed by atoms with Crippen LogP contribution in [0.1, 0.15) is 40.0 Å². The van der Waals surface area contributed by atoms with Crippen LogP contribution in [0.3, 0.4) is 0 Å². The van der Waals surface area contributed by atoms with E-state index < -0.39 is 0 Å². The first kappa shape index (κ1) is 10.5. The molecule has 0 bridgehead atoms. The largest absolute Gasteiger partial charge is 0.392 e. The minimum Gasteiger partial charge on any atom is -0.392 e. The normalized spacial score (nSPS) is 38.2. The highest BCUT2D eigenvalue weighted by atomic mass is 79.9. The van der Waals surface area contributed by atoms with Gasteiger partial charge in [0.05, 0.1) is 6.10 Å². The van der Waals surface area contributed by atoms with Crippen molar-refractivity contribution in [1.29, 1.82) is 0 Å². The highest BCUT2D eigenvalue weighted by molar-refractivity contribution is 9.09. The van der Waals surface area contributed by atoms with Gasteiger partial charge in [-0.05, 0) is 30.6 Å². The average molecular weight is 235 g/mol. The van der Waals surface area contributed by atoms with Crippen LogP contribution in [0.2, 0.25) is 0 Å². The first-order valence-corrected chi connectivity index (χ1v) is 5.65. The Balaban J connectivity index is 2.51. The molecule has 0 heterocycles. The van der Waals surface area contributed by atoms with E-state index in [2.05, 4.69) is 36.7 Å². The minimum atomic E-state index is -0.122. The van der Waals surface area contributed by atoms with Crippen LogP contribution in [0.15, 0.2) is 0 Å². The monoisotopic (exact) mass is 234 g/mol. The molecule has 1 aliphatic rings. The summed E-state index contributed by atoms with van der Waals surface area (Å²) in [5.41, 5.74) is 0.395. The van der Waals surface area contributed by atoms with Crippen molar-refractivity contribution in [2.45, 2.75) is 51.0 Å². The second-order valence-corrected chi connectivity index (χ2v) is 6.14. The molecule has 0 aromatic heterocycles. The van der Waals surface area contributed by atoms with E-state index in [1.807, 2.05) is 0 Å². The number of halogens is 1. The number of hydrogen-bond donors (Lipinski definition) is 1. The summed E-state index contributed by atoms with van der Waals surface area (Å²) in [6.45, 7) is 6.86. The Morgan fingerprint density at radius 1 is 1.25 bits per heavy atom. The van der Waals surface area contributed by atoms with Gasteiger partial charge in [-0.25, -0.2) is 0 Å². The summed E-state index contributed by atoms with van der Waals surface area (Å²) in [7, 11) is 0. The molecule has 1 rings (SSSR count). The molecule has 0 radical (unpaired) electrons. The summed E-state index contributed by atoms with van der Waals surface area (Å²) in [6, 6.07) is 0. The number of aliphatic hydroxyl groups is 1. The lowest BCUT2D eigenvalue weighted by molar-refractivity contribution is 0.0806. The van der Waals surface area contributed by atoms with Crippen molar-refractivity contribution in [2.75, 3.05) is 0 Å². The van der Waals surface area contributed by atoms with E-state index in [-0.39, 0.29) is 6.10 Å². The molecule has 1 unspecified atom stereocenters. The first-order chi connectivity index (χ1) is 5.41. The second-order valence-electron chi connectivity index (χ2n) is 4.96. The Hall–Kier alpha value is 0.440. The van der Waals surface area contributed by atoms with Gasteiger partial charge in [-0.15, -0.1) is 0 Å². The molecule has 72 valence electrons. The zero-order chi connectivity index (χ0) is 9.35. The Morgan fingerprint density at radius 2 is 1.83 bits per heavy atom. The summed E-state index contributed by atoms with van der Waals surface area (Å²) in [5.74, 6) is 0.755. The number of rotatable bonds is 0. The standard InChI is InChI=1S/C10H19BrO/c1-10(2,3)7-4-5-9(12)8(11)6-7/h7-9,12H,4-6H2,1-3H3/t7-,8+,9?/m0/s1. The molecule has 0 saturated heterocycles. The molecular formula is C10H19BrO. The maximum Gasteiger partial charge on any atom is 0.0665 e. The van der Waals surface area contributed by atoms with Crippen LogP contribution >= 0.6 is 15.9 Å². The molecule has 1 saturated carbocycles.